The Morgan fingerprint density at radius 1 is 1.03 bits per heavy atom. The number of hydrogen-bond acceptors (Lipinski definition) is 3. The molecule has 6 heteroatoms. The van der Waals surface area contributed by atoms with E-state index in [1.165, 1.54) is 36.3 Å². The average molecular weight is 397 g/mol. The van der Waals surface area contributed by atoms with Crippen molar-refractivity contribution in [3.8, 4) is 0 Å². The number of nitrogens with one attached hydrogen (secondary N) is 1. The monoisotopic (exact) mass is 396 g/mol. The average Bonchev–Trinajstić information content (AvgIpc) is 3.00. The van der Waals surface area contributed by atoms with Crippen LogP contribution in [0.25, 0.3) is 0 Å². The first-order valence-electron chi connectivity index (χ1n) is 10.6. The van der Waals surface area contributed by atoms with Gasteiger partial charge in [0.2, 0.25) is 0 Å². The maximum atomic E-state index is 4.43. The number of aryl methyl sites for hydroxylation is 1. The van der Waals surface area contributed by atoms with Gasteiger partial charge in [0, 0.05) is 59.2 Å². The highest BCUT2D eigenvalue weighted by Gasteiger charge is 2.12. The Kier molecular flexibility index (Phi) is 7.72. The number of benzene rings is 1. The summed E-state index contributed by atoms with van der Waals surface area (Å²) in [6.45, 7) is 7.37. The fraction of sp³-hybridized carbons (Fsp3) is 0.522. The largest absolute Gasteiger partial charge is 0.353 e. The minimum absolute atomic E-state index is 0.777. The van der Waals surface area contributed by atoms with Crippen LogP contribution in [0, 0.1) is 0 Å². The molecule has 0 atom stereocenters. The Bertz CT molecular complexity index is 779. The summed E-state index contributed by atoms with van der Waals surface area (Å²) in [6.07, 6.45) is 3.33. The first-order chi connectivity index (χ1) is 14.0. The fourth-order valence-electron chi connectivity index (χ4n) is 3.82. The van der Waals surface area contributed by atoms with Gasteiger partial charge in [-0.2, -0.15) is 0 Å². The van der Waals surface area contributed by atoms with Crippen LogP contribution in [-0.4, -0.2) is 72.5 Å². The maximum Gasteiger partial charge on any atom is 0.194 e. The van der Waals surface area contributed by atoms with E-state index in [0.717, 1.165) is 38.7 Å². The molecule has 1 aromatic heterocycles. The molecule has 0 aliphatic carbocycles. The zero-order chi connectivity index (χ0) is 20.6. The van der Waals surface area contributed by atoms with Crippen molar-refractivity contribution in [1.82, 2.24) is 24.6 Å². The van der Waals surface area contributed by atoms with E-state index in [1.54, 1.807) is 0 Å². The van der Waals surface area contributed by atoms with Gasteiger partial charge in [0.05, 0.1) is 6.54 Å². The van der Waals surface area contributed by atoms with Crippen LogP contribution in [0.2, 0.25) is 0 Å². The van der Waals surface area contributed by atoms with Crippen LogP contribution in [0.3, 0.4) is 0 Å². The molecule has 1 aliphatic heterocycles. The van der Waals surface area contributed by atoms with E-state index >= 15 is 0 Å². The van der Waals surface area contributed by atoms with Crippen molar-refractivity contribution in [3.05, 3.63) is 59.4 Å². The Hall–Kier alpha value is -2.31. The molecular formula is C23H36N6. The van der Waals surface area contributed by atoms with Gasteiger partial charge in [-0.15, -0.1) is 0 Å². The predicted octanol–water partition coefficient (Wildman–Crippen LogP) is 2.37. The molecule has 1 aromatic carbocycles. The van der Waals surface area contributed by atoms with Crippen LogP contribution in [-0.2, 0) is 26.7 Å². The highest BCUT2D eigenvalue weighted by atomic mass is 15.3. The summed E-state index contributed by atoms with van der Waals surface area (Å²) in [5.74, 6) is 0.906. The van der Waals surface area contributed by atoms with Gasteiger partial charge in [-0.25, -0.2) is 0 Å². The molecule has 0 amide bonds. The molecule has 1 fully saturated rings. The Morgan fingerprint density at radius 2 is 1.79 bits per heavy atom. The van der Waals surface area contributed by atoms with Gasteiger partial charge in [-0.3, -0.25) is 9.89 Å². The number of guanidine groups is 1. The van der Waals surface area contributed by atoms with Crippen molar-refractivity contribution in [2.75, 3.05) is 47.3 Å². The Labute approximate surface area is 175 Å². The first-order valence-corrected chi connectivity index (χ1v) is 10.6. The molecule has 0 unspecified atom stereocenters. The molecule has 0 saturated carbocycles. The number of aliphatic imine (C=N–C) groups is 1. The number of aromatic nitrogens is 1. The predicted molar refractivity (Wildman–Crippen MR) is 121 cm³/mol. The lowest BCUT2D eigenvalue weighted by atomic mass is 10.1. The normalized spacial score (nSPS) is 16.6. The lowest BCUT2D eigenvalue weighted by Crippen LogP contribution is -2.38. The molecular weight excluding hydrogens is 360 g/mol. The van der Waals surface area contributed by atoms with Crippen molar-refractivity contribution in [2.45, 2.75) is 26.1 Å². The molecule has 0 radical (unpaired) electrons. The SMILES string of the molecule is CN=C(NCc1ccc(CN2CCCN(C)CC2)cc1)N(C)Cc1cccn1C. The van der Waals surface area contributed by atoms with Gasteiger partial charge >= 0.3 is 0 Å². The van der Waals surface area contributed by atoms with Crippen molar-refractivity contribution in [3.63, 3.8) is 0 Å². The molecule has 3 rings (SSSR count). The zero-order valence-electron chi connectivity index (χ0n) is 18.4. The summed E-state index contributed by atoms with van der Waals surface area (Å²) in [5.41, 5.74) is 3.93. The quantitative estimate of drug-likeness (QED) is 0.601. The third-order valence-corrected chi connectivity index (χ3v) is 5.72. The van der Waals surface area contributed by atoms with Crippen LogP contribution in [0.4, 0.5) is 0 Å². The van der Waals surface area contributed by atoms with Gasteiger partial charge in [0.15, 0.2) is 5.96 Å². The molecule has 0 bridgehead atoms. The van der Waals surface area contributed by atoms with E-state index in [-0.39, 0.29) is 0 Å². The van der Waals surface area contributed by atoms with Gasteiger partial charge in [-0.05, 0) is 49.8 Å². The standard InChI is InChI=1S/C23H36N6/c1-24-23(28(4)19-22-7-5-13-27(22)3)25-17-20-8-10-21(11-9-20)18-29-14-6-12-26(2)15-16-29/h5,7-11,13H,6,12,14-19H2,1-4H3,(H,24,25). The highest BCUT2D eigenvalue weighted by molar-refractivity contribution is 5.79. The highest BCUT2D eigenvalue weighted by Crippen LogP contribution is 2.10. The van der Waals surface area contributed by atoms with Crippen LogP contribution >= 0.6 is 0 Å². The van der Waals surface area contributed by atoms with Crippen molar-refractivity contribution in [2.24, 2.45) is 12.0 Å². The molecule has 6 nitrogen and oxygen atoms in total. The van der Waals surface area contributed by atoms with Gasteiger partial charge < -0.3 is 19.7 Å². The van der Waals surface area contributed by atoms with Crippen LogP contribution in [0.5, 0.6) is 0 Å². The van der Waals surface area contributed by atoms with Crippen LogP contribution in [0.15, 0.2) is 47.6 Å². The van der Waals surface area contributed by atoms with Crippen molar-refractivity contribution in [1.29, 1.82) is 0 Å². The zero-order valence-corrected chi connectivity index (χ0v) is 18.4. The summed E-state index contributed by atoms with van der Waals surface area (Å²) in [7, 11) is 8.21. The summed E-state index contributed by atoms with van der Waals surface area (Å²) >= 11 is 0. The van der Waals surface area contributed by atoms with E-state index in [9.17, 15) is 0 Å². The molecule has 1 aliphatic rings. The van der Waals surface area contributed by atoms with E-state index in [4.69, 9.17) is 0 Å². The Morgan fingerprint density at radius 3 is 2.48 bits per heavy atom. The summed E-state index contributed by atoms with van der Waals surface area (Å²) in [4.78, 5) is 11.6. The molecule has 1 N–H and O–H groups in total. The number of nitrogens with zero attached hydrogens (tertiary/aromatic N) is 5. The third kappa shape index (κ3) is 6.34. The Balaban J connectivity index is 1.49. The second-order valence-electron chi connectivity index (χ2n) is 8.12. The second-order valence-corrected chi connectivity index (χ2v) is 8.12. The lowest BCUT2D eigenvalue weighted by molar-refractivity contribution is 0.269. The number of rotatable bonds is 6. The lowest BCUT2D eigenvalue weighted by Gasteiger charge is -2.22. The molecule has 1 saturated heterocycles. The van der Waals surface area contributed by atoms with Gasteiger partial charge in [0.1, 0.15) is 0 Å². The minimum atomic E-state index is 0.777. The number of likely N-dealkylation sites (N-methyl/N-ethyl adjacent to an activating group) is 1. The molecule has 0 spiro atoms. The van der Waals surface area contributed by atoms with E-state index in [0.29, 0.717) is 0 Å². The molecule has 29 heavy (non-hydrogen) atoms. The third-order valence-electron chi connectivity index (χ3n) is 5.72. The molecule has 158 valence electrons. The van der Waals surface area contributed by atoms with Gasteiger partial charge in [-0.1, -0.05) is 24.3 Å². The van der Waals surface area contributed by atoms with E-state index in [1.807, 2.05) is 7.05 Å². The van der Waals surface area contributed by atoms with Crippen molar-refractivity contribution >= 4 is 5.96 Å². The minimum Gasteiger partial charge on any atom is -0.353 e. The topological polar surface area (TPSA) is 39.0 Å². The van der Waals surface area contributed by atoms with Crippen LogP contribution in [0.1, 0.15) is 23.2 Å². The number of hydrogen-bond donors (Lipinski definition) is 1. The smallest absolute Gasteiger partial charge is 0.194 e. The fourth-order valence-corrected chi connectivity index (χ4v) is 3.82. The second kappa shape index (κ2) is 10.5. The summed E-state index contributed by atoms with van der Waals surface area (Å²) in [5, 5.41) is 3.48. The van der Waals surface area contributed by atoms with Crippen LogP contribution < -0.4 is 5.32 Å². The summed E-state index contributed by atoms with van der Waals surface area (Å²) in [6, 6.07) is 13.2. The first kappa shape index (κ1) is 21.4. The maximum absolute atomic E-state index is 4.43. The molecule has 2 aromatic rings. The summed E-state index contributed by atoms with van der Waals surface area (Å²) < 4.78 is 2.14. The van der Waals surface area contributed by atoms with Gasteiger partial charge in [0.25, 0.3) is 0 Å². The van der Waals surface area contributed by atoms with Crippen molar-refractivity contribution < 1.29 is 0 Å². The van der Waals surface area contributed by atoms with E-state index < -0.39 is 0 Å². The van der Waals surface area contributed by atoms with E-state index in [2.05, 4.69) is 93.3 Å². The molecule has 2 heterocycles.